The summed E-state index contributed by atoms with van der Waals surface area (Å²) in [5.41, 5.74) is 2.70. The number of unbranched alkanes of at least 4 members (excludes halogenated alkanes) is 7. The molecule has 0 aliphatic carbocycles. The maximum Gasteiger partial charge on any atom is 0.313 e. The normalized spacial score (nSPS) is 10.5. The molecule has 0 aliphatic rings. The lowest BCUT2D eigenvalue weighted by Crippen LogP contribution is -2.36. The van der Waals surface area contributed by atoms with Crippen LogP contribution in [0.3, 0.4) is 0 Å². The highest BCUT2D eigenvalue weighted by molar-refractivity contribution is 6.39. The number of amides is 2. The highest BCUT2D eigenvalue weighted by atomic mass is 16.2. The van der Waals surface area contributed by atoms with E-state index in [2.05, 4.69) is 17.6 Å². The number of nitrogens with one attached hydrogen (secondary N) is 2. The summed E-state index contributed by atoms with van der Waals surface area (Å²) in [6.07, 6.45) is 9.72. The second-order valence-corrected chi connectivity index (χ2v) is 6.50. The van der Waals surface area contributed by atoms with Crippen LogP contribution in [0, 0.1) is 13.8 Å². The van der Waals surface area contributed by atoms with Gasteiger partial charge >= 0.3 is 11.8 Å². The number of anilines is 1. The third kappa shape index (κ3) is 8.14. The molecule has 0 aliphatic heterocycles. The van der Waals surface area contributed by atoms with E-state index in [1.54, 1.807) is 0 Å². The van der Waals surface area contributed by atoms with Crippen LogP contribution in [0.25, 0.3) is 0 Å². The van der Waals surface area contributed by atoms with Gasteiger partial charge in [0, 0.05) is 12.2 Å². The van der Waals surface area contributed by atoms with Gasteiger partial charge in [0.05, 0.1) is 0 Å². The van der Waals surface area contributed by atoms with Crippen molar-refractivity contribution in [2.45, 2.75) is 72.1 Å². The van der Waals surface area contributed by atoms with Crippen molar-refractivity contribution in [3.8, 4) is 0 Å². The van der Waals surface area contributed by atoms with Crippen LogP contribution in [0.2, 0.25) is 0 Å². The topological polar surface area (TPSA) is 58.2 Å². The lowest BCUT2D eigenvalue weighted by atomic mass is 10.1. The molecule has 0 unspecified atom stereocenters. The van der Waals surface area contributed by atoms with E-state index in [1.807, 2.05) is 32.0 Å². The standard InChI is InChI=1S/C20H32N2O2/c1-4-5-6-7-8-9-10-11-14-21-19(23)20(24)22-18-15-16(2)12-13-17(18)3/h12-13,15H,4-11,14H2,1-3H3,(H,21,23)(H,22,24). The summed E-state index contributed by atoms with van der Waals surface area (Å²) in [5.74, 6) is -1.15. The molecule has 0 bridgehead atoms. The summed E-state index contributed by atoms with van der Waals surface area (Å²) in [6.45, 7) is 6.65. The lowest BCUT2D eigenvalue weighted by Gasteiger charge is -2.09. The summed E-state index contributed by atoms with van der Waals surface area (Å²) in [4.78, 5) is 23.7. The molecule has 4 heteroatoms. The summed E-state index contributed by atoms with van der Waals surface area (Å²) in [6, 6.07) is 5.79. The molecule has 0 fully saturated rings. The van der Waals surface area contributed by atoms with Crippen LogP contribution in [-0.4, -0.2) is 18.4 Å². The van der Waals surface area contributed by atoms with Crippen molar-refractivity contribution >= 4 is 17.5 Å². The van der Waals surface area contributed by atoms with Gasteiger partial charge in [-0.15, -0.1) is 0 Å². The van der Waals surface area contributed by atoms with Gasteiger partial charge in [0.15, 0.2) is 0 Å². The number of hydrogen-bond acceptors (Lipinski definition) is 2. The van der Waals surface area contributed by atoms with E-state index >= 15 is 0 Å². The monoisotopic (exact) mass is 332 g/mol. The van der Waals surface area contributed by atoms with Crippen molar-refractivity contribution < 1.29 is 9.59 Å². The maximum absolute atomic E-state index is 11.9. The van der Waals surface area contributed by atoms with Gasteiger partial charge in [0.1, 0.15) is 0 Å². The van der Waals surface area contributed by atoms with Crippen molar-refractivity contribution in [2.75, 3.05) is 11.9 Å². The first kappa shape index (κ1) is 20.2. The molecule has 0 heterocycles. The molecule has 0 radical (unpaired) electrons. The number of benzene rings is 1. The number of carbonyl (C=O) groups is 2. The molecule has 2 N–H and O–H groups in total. The van der Waals surface area contributed by atoms with Crippen LogP contribution >= 0.6 is 0 Å². The zero-order valence-electron chi connectivity index (χ0n) is 15.4. The summed E-state index contributed by atoms with van der Waals surface area (Å²) >= 11 is 0. The molecule has 1 rings (SSSR count). The van der Waals surface area contributed by atoms with Crippen LogP contribution in [0.5, 0.6) is 0 Å². The Morgan fingerprint density at radius 3 is 2.17 bits per heavy atom. The Morgan fingerprint density at radius 1 is 0.875 bits per heavy atom. The Balaban J connectivity index is 2.16. The summed E-state index contributed by atoms with van der Waals surface area (Å²) in [7, 11) is 0. The van der Waals surface area contributed by atoms with Gasteiger partial charge in [-0.2, -0.15) is 0 Å². The Morgan fingerprint density at radius 2 is 1.50 bits per heavy atom. The van der Waals surface area contributed by atoms with E-state index in [-0.39, 0.29) is 0 Å². The van der Waals surface area contributed by atoms with Crippen LogP contribution in [0.15, 0.2) is 18.2 Å². The lowest BCUT2D eigenvalue weighted by molar-refractivity contribution is -0.136. The second kappa shape index (κ2) is 11.7. The predicted octanol–water partition coefficient (Wildman–Crippen LogP) is 4.50. The molecule has 1 aromatic carbocycles. The van der Waals surface area contributed by atoms with Crippen molar-refractivity contribution in [3.63, 3.8) is 0 Å². The number of rotatable bonds is 10. The number of aryl methyl sites for hydroxylation is 2. The Hall–Kier alpha value is -1.84. The van der Waals surface area contributed by atoms with E-state index in [1.165, 1.54) is 38.5 Å². The number of hydrogen-bond donors (Lipinski definition) is 2. The van der Waals surface area contributed by atoms with Gasteiger partial charge in [-0.1, -0.05) is 64.0 Å². The second-order valence-electron chi connectivity index (χ2n) is 6.50. The zero-order valence-corrected chi connectivity index (χ0v) is 15.4. The number of carbonyl (C=O) groups excluding carboxylic acids is 2. The highest BCUT2D eigenvalue weighted by Gasteiger charge is 2.13. The molecular weight excluding hydrogens is 300 g/mol. The molecule has 0 atom stereocenters. The zero-order chi connectivity index (χ0) is 17.8. The third-order valence-corrected chi connectivity index (χ3v) is 4.16. The minimum atomic E-state index is -0.594. The molecular formula is C20H32N2O2. The van der Waals surface area contributed by atoms with Gasteiger partial charge < -0.3 is 10.6 Å². The van der Waals surface area contributed by atoms with Crippen molar-refractivity contribution in [3.05, 3.63) is 29.3 Å². The van der Waals surface area contributed by atoms with Gasteiger partial charge in [-0.05, 0) is 37.5 Å². The molecule has 24 heavy (non-hydrogen) atoms. The first-order valence-electron chi connectivity index (χ1n) is 9.21. The fourth-order valence-electron chi connectivity index (χ4n) is 2.59. The van der Waals surface area contributed by atoms with Crippen LogP contribution in [0.4, 0.5) is 5.69 Å². The largest absolute Gasteiger partial charge is 0.348 e. The highest BCUT2D eigenvalue weighted by Crippen LogP contribution is 2.16. The average molecular weight is 332 g/mol. The fourth-order valence-corrected chi connectivity index (χ4v) is 2.59. The molecule has 0 saturated carbocycles. The molecule has 2 amide bonds. The molecule has 0 aromatic heterocycles. The van der Waals surface area contributed by atoms with E-state index in [4.69, 9.17) is 0 Å². The van der Waals surface area contributed by atoms with E-state index in [0.29, 0.717) is 12.2 Å². The predicted molar refractivity (Wildman–Crippen MR) is 100 cm³/mol. The molecule has 0 saturated heterocycles. The maximum atomic E-state index is 11.9. The van der Waals surface area contributed by atoms with E-state index in [0.717, 1.165) is 24.0 Å². The Labute approximate surface area is 146 Å². The molecule has 134 valence electrons. The average Bonchev–Trinajstić information content (AvgIpc) is 2.56. The molecule has 0 spiro atoms. The molecule has 4 nitrogen and oxygen atoms in total. The third-order valence-electron chi connectivity index (χ3n) is 4.16. The van der Waals surface area contributed by atoms with E-state index < -0.39 is 11.8 Å². The smallest absolute Gasteiger partial charge is 0.313 e. The van der Waals surface area contributed by atoms with Crippen LogP contribution in [0.1, 0.15) is 69.4 Å². The summed E-state index contributed by atoms with van der Waals surface area (Å²) < 4.78 is 0. The first-order valence-corrected chi connectivity index (χ1v) is 9.21. The SMILES string of the molecule is CCCCCCCCCCNC(=O)C(=O)Nc1cc(C)ccc1C. The molecule has 1 aromatic rings. The van der Waals surface area contributed by atoms with Gasteiger partial charge in [-0.3, -0.25) is 9.59 Å². The minimum Gasteiger partial charge on any atom is -0.348 e. The fraction of sp³-hybridized carbons (Fsp3) is 0.600. The summed E-state index contributed by atoms with van der Waals surface area (Å²) in [5, 5.41) is 5.38. The van der Waals surface area contributed by atoms with Gasteiger partial charge in [0.2, 0.25) is 0 Å². The van der Waals surface area contributed by atoms with E-state index in [9.17, 15) is 9.59 Å². The Bertz CT molecular complexity index is 526. The van der Waals surface area contributed by atoms with Crippen molar-refractivity contribution in [2.24, 2.45) is 0 Å². The van der Waals surface area contributed by atoms with Crippen LogP contribution < -0.4 is 10.6 Å². The van der Waals surface area contributed by atoms with Crippen molar-refractivity contribution in [1.29, 1.82) is 0 Å². The first-order chi connectivity index (χ1) is 11.5. The Kier molecular flexibility index (Phi) is 9.81. The van der Waals surface area contributed by atoms with Gasteiger partial charge in [-0.25, -0.2) is 0 Å². The van der Waals surface area contributed by atoms with Crippen molar-refractivity contribution in [1.82, 2.24) is 5.32 Å². The van der Waals surface area contributed by atoms with Gasteiger partial charge in [0.25, 0.3) is 0 Å². The van der Waals surface area contributed by atoms with Crippen LogP contribution in [-0.2, 0) is 9.59 Å². The quantitative estimate of drug-likeness (QED) is 0.489. The minimum absolute atomic E-state index is 0.557.